The smallest absolute Gasteiger partial charge is 0.167 e. The number of benzene rings is 3. The van der Waals surface area contributed by atoms with Crippen LogP contribution in [0.4, 0.5) is 23.2 Å². The zero-order chi connectivity index (χ0) is 52.6. The van der Waals surface area contributed by atoms with Gasteiger partial charge in [0.1, 0.15) is 64.7 Å². The molecule has 0 saturated heterocycles. The number of ketones is 6. The summed E-state index contributed by atoms with van der Waals surface area (Å²) >= 11 is 0. The molecule has 0 spiro atoms. The first-order valence-electron chi connectivity index (χ1n) is 22.0. The van der Waals surface area contributed by atoms with Gasteiger partial charge in [0.2, 0.25) is 0 Å². The van der Waals surface area contributed by atoms with Gasteiger partial charge < -0.3 is 5.43 Å². The molecule has 4 aromatic rings. The Morgan fingerprint density at radius 2 is 1.13 bits per heavy atom. The Kier molecular flexibility index (Phi) is 21.2. The lowest BCUT2D eigenvalue weighted by molar-refractivity contribution is -0.144. The van der Waals surface area contributed by atoms with Gasteiger partial charge in [-0.05, 0) is 79.0 Å². The quantitative estimate of drug-likeness (QED) is 0.0846. The number of hydrogen-bond donors (Lipinski definition) is 2. The van der Waals surface area contributed by atoms with Gasteiger partial charge in [0, 0.05) is 44.2 Å². The van der Waals surface area contributed by atoms with Crippen LogP contribution in [0, 0.1) is 86.3 Å². The van der Waals surface area contributed by atoms with Crippen molar-refractivity contribution in [2.24, 2.45) is 28.0 Å². The van der Waals surface area contributed by atoms with Crippen LogP contribution in [0.1, 0.15) is 146 Å². The lowest BCUT2D eigenvalue weighted by Crippen LogP contribution is -2.40. The molecule has 0 unspecified atom stereocenters. The fraction of sp³-hybridized carbons (Fsp3) is 0.423. The van der Waals surface area contributed by atoms with E-state index in [0.29, 0.717) is 67.2 Å². The number of nitrogen functional groups attached to an aromatic ring is 1. The van der Waals surface area contributed by atoms with Gasteiger partial charge in [-0.25, -0.2) is 22.2 Å². The molecule has 366 valence electrons. The SMILES string of the molecule is CC(=O)C1C(=O)CC(C)(C)CC1=O.CC1(C)CC(=O)CC(=O)C1.CCC.Cc1nn(-c2ccc(C#N)c(F)c2)c2c1C(=O)CC(C)(C)C2.N#Cc1ccc(F)cc1F.N#Cc1ccc(NN)cc1F. The second-order valence-electron chi connectivity index (χ2n) is 19.2. The van der Waals surface area contributed by atoms with E-state index in [1.54, 1.807) is 35.9 Å². The molecular formula is C52H59F4N7O6. The first kappa shape index (κ1) is 58.0. The van der Waals surface area contributed by atoms with E-state index in [9.17, 15) is 46.3 Å². The molecule has 2 saturated carbocycles. The van der Waals surface area contributed by atoms with Crippen molar-refractivity contribution in [3.63, 3.8) is 0 Å². The van der Waals surface area contributed by atoms with Crippen LogP contribution < -0.4 is 11.3 Å². The van der Waals surface area contributed by atoms with Crippen LogP contribution in [0.3, 0.4) is 0 Å². The highest BCUT2D eigenvalue weighted by Crippen LogP contribution is 2.37. The monoisotopic (exact) mass is 953 g/mol. The lowest BCUT2D eigenvalue weighted by Gasteiger charge is -2.30. The number of hydrazine groups is 1. The number of carbonyl (C=O) groups is 6. The third kappa shape index (κ3) is 17.5. The highest BCUT2D eigenvalue weighted by atomic mass is 19.1. The number of aryl methyl sites for hydroxylation is 1. The van der Waals surface area contributed by atoms with Gasteiger partial charge in [0.25, 0.3) is 0 Å². The Balaban J connectivity index is 0.000000304. The average Bonchev–Trinajstić information content (AvgIpc) is 3.55. The van der Waals surface area contributed by atoms with Gasteiger partial charge in [-0.1, -0.05) is 61.8 Å². The summed E-state index contributed by atoms with van der Waals surface area (Å²) in [5.74, 6) is 0.953. The number of nitriles is 3. The molecule has 13 nitrogen and oxygen atoms in total. The first-order valence-corrected chi connectivity index (χ1v) is 22.0. The van der Waals surface area contributed by atoms with E-state index < -0.39 is 29.2 Å². The van der Waals surface area contributed by atoms with Crippen LogP contribution >= 0.6 is 0 Å². The topological polar surface area (TPSA) is 230 Å². The van der Waals surface area contributed by atoms with Crippen molar-refractivity contribution in [2.45, 2.75) is 121 Å². The summed E-state index contributed by atoms with van der Waals surface area (Å²) in [6.45, 7) is 19.1. The third-order valence-electron chi connectivity index (χ3n) is 10.4. The number of nitrogens with zero attached hydrogens (tertiary/aromatic N) is 5. The predicted molar refractivity (Wildman–Crippen MR) is 250 cm³/mol. The fourth-order valence-electron chi connectivity index (χ4n) is 7.67. The van der Waals surface area contributed by atoms with Crippen LogP contribution in [0.2, 0.25) is 0 Å². The number of Topliss-reactive ketones (excluding diaryl/α,β-unsaturated/α-hetero) is 6. The first-order chi connectivity index (χ1) is 32.1. The maximum absolute atomic E-state index is 13.9. The van der Waals surface area contributed by atoms with Gasteiger partial charge in [0.05, 0.1) is 51.4 Å². The van der Waals surface area contributed by atoms with Crippen molar-refractivity contribution in [1.82, 2.24) is 9.78 Å². The van der Waals surface area contributed by atoms with Crippen LogP contribution in [0.25, 0.3) is 5.69 Å². The number of carbonyl (C=O) groups excluding carboxylic acids is 6. The number of rotatable bonds is 3. The maximum Gasteiger partial charge on any atom is 0.167 e. The zero-order valence-electron chi connectivity index (χ0n) is 40.7. The maximum atomic E-state index is 13.9. The number of aromatic nitrogens is 2. The van der Waals surface area contributed by atoms with Gasteiger partial charge in [-0.15, -0.1) is 0 Å². The fourth-order valence-corrected chi connectivity index (χ4v) is 7.67. The minimum Gasteiger partial charge on any atom is -0.324 e. The summed E-state index contributed by atoms with van der Waals surface area (Å²) in [6, 6.07) is 16.3. The summed E-state index contributed by atoms with van der Waals surface area (Å²) in [5, 5.41) is 29.8. The van der Waals surface area contributed by atoms with Crippen LogP contribution in [-0.4, -0.2) is 44.5 Å². The standard InChI is InChI=1S/C17H16FN3O.C10H14O3.C8H12O2.C7H3F2N.C7H6FN3.C3H8/c1-10-16-14(7-17(2,3)8-15(16)22)21(20-10)12-5-4-11(9-19)13(18)6-12;1-6(11)9-7(12)4-10(2,3)5-8(9)13;1-8(2)4-6(9)3-7(10)5-8;8-6-2-1-5(4-10)7(9)3-6;8-7-3-6(11-10)2-1-5(7)4-9;1-3-2/h4-6H,7-8H2,1-3H3;9H,4-5H2,1-3H3;3-5H2,1-2H3;1-3H;1-3,11H,10H2;3H2,1-2H3. The summed E-state index contributed by atoms with van der Waals surface area (Å²) in [6.07, 6.45) is 4.43. The molecule has 0 aliphatic heterocycles. The Bertz CT molecular complexity index is 2670. The summed E-state index contributed by atoms with van der Waals surface area (Å²) in [7, 11) is 0. The summed E-state index contributed by atoms with van der Waals surface area (Å²) < 4.78 is 52.7. The molecule has 3 N–H and O–H groups in total. The Morgan fingerprint density at radius 1 is 0.696 bits per heavy atom. The van der Waals surface area contributed by atoms with Crippen molar-refractivity contribution in [2.75, 3.05) is 5.43 Å². The zero-order valence-corrected chi connectivity index (χ0v) is 40.7. The number of anilines is 1. The molecule has 2 fully saturated rings. The van der Waals surface area contributed by atoms with E-state index >= 15 is 0 Å². The van der Waals surface area contributed by atoms with Crippen LogP contribution in [0.15, 0.2) is 54.6 Å². The van der Waals surface area contributed by atoms with Crippen molar-refractivity contribution >= 4 is 40.4 Å². The second kappa shape index (κ2) is 25.3. The minimum absolute atomic E-state index is 0.00194. The molecule has 69 heavy (non-hydrogen) atoms. The van der Waals surface area contributed by atoms with Crippen molar-refractivity contribution in [1.29, 1.82) is 15.8 Å². The van der Waals surface area contributed by atoms with E-state index in [4.69, 9.17) is 21.6 Å². The normalized spacial score (nSPS) is 16.1. The van der Waals surface area contributed by atoms with Crippen LogP contribution in [-0.2, 0) is 30.4 Å². The van der Waals surface area contributed by atoms with E-state index in [1.807, 2.05) is 41.5 Å². The Labute approximate surface area is 400 Å². The highest BCUT2D eigenvalue weighted by Gasteiger charge is 2.42. The molecule has 1 aromatic heterocycles. The molecule has 0 atom stereocenters. The number of nitrogens with one attached hydrogen (secondary N) is 1. The van der Waals surface area contributed by atoms with Gasteiger partial charge in [0.15, 0.2) is 17.3 Å². The van der Waals surface area contributed by atoms with E-state index in [2.05, 4.69) is 24.4 Å². The number of hydrogen-bond acceptors (Lipinski definition) is 12. The molecule has 7 rings (SSSR count). The molecule has 3 aliphatic rings. The van der Waals surface area contributed by atoms with Crippen molar-refractivity contribution in [3.8, 4) is 23.9 Å². The molecule has 0 bridgehead atoms. The molecule has 0 amide bonds. The highest BCUT2D eigenvalue weighted by molar-refractivity contribution is 6.20. The van der Waals surface area contributed by atoms with Gasteiger partial charge >= 0.3 is 0 Å². The largest absolute Gasteiger partial charge is 0.324 e. The second-order valence-corrected chi connectivity index (χ2v) is 19.2. The molecule has 1 heterocycles. The van der Waals surface area contributed by atoms with Crippen LogP contribution in [0.5, 0.6) is 0 Å². The molecule has 3 aliphatic carbocycles. The van der Waals surface area contributed by atoms with Crippen molar-refractivity contribution in [3.05, 3.63) is 112 Å². The van der Waals surface area contributed by atoms with Crippen molar-refractivity contribution < 1.29 is 46.3 Å². The van der Waals surface area contributed by atoms with E-state index in [1.165, 1.54) is 43.7 Å². The molecule has 17 heteroatoms. The number of halogens is 4. The predicted octanol–water partition coefficient (Wildman–Crippen LogP) is 10.1. The molecular weight excluding hydrogens is 895 g/mol. The third-order valence-corrected chi connectivity index (χ3v) is 10.4. The molecule has 0 radical (unpaired) electrons. The lowest BCUT2D eigenvalue weighted by atomic mass is 9.70. The number of fused-ring (bicyclic) bond motifs is 1. The van der Waals surface area contributed by atoms with Gasteiger partial charge in [-0.3, -0.25) is 34.6 Å². The molecule has 3 aromatic carbocycles. The number of nitrogens with two attached hydrogens (primary N) is 1. The van der Waals surface area contributed by atoms with E-state index in [0.717, 1.165) is 17.8 Å². The Hall–Kier alpha value is -7.16. The average molecular weight is 954 g/mol. The summed E-state index contributed by atoms with van der Waals surface area (Å²) in [4.78, 5) is 67.9. The Morgan fingerprint density at radius 3 is 1.55 bits per heavy atom. The van der Waals surface area contributed by atoms with Gasteiger partial charge in [-0.2, -0.15) is 20.9 Å². The summed E-state index contributed by atoms with van der Waals surface area (Å²) in [5.41, 5.74) is 4.79. The van der Waals surface area contributed by atoms with E-state index in [-0.39, 0.29) is 74.1 Å². The minimum atomic E-state index is -0.965.